The van der Waals surface area contributed by atoms with Gasteiger partial charge in [0.1, 0.15) is 11.1 Å². The van der Waals surface area contributed by atoms with Crippen molar-refractivity contribution >= 4 is 23.3 Å². The second kappa shape index (κ2) is 7.54. The van der Waals surface area contributed by atoms with Gasteiger partial charge in [0.2, 0.25) is 0 Å². The van der Waals surface area contributed by atoms with E-state index in [1.807, 2.05) is 0 Å². The maximum absolute atomic E-state index is 13.4. The molecule has 0 radical (unpaired) electrons. The number of nitrogens with one attached hydrogen (secondary N) is 2. The minimum atomic E-state index is -1.36. The highest BCUT2D eigenvalue weighted by Crippen LogP contribution is 2.44. The SMILES string of the molecule is CC(C)(C)OC(=O)NCC[C@@]1(c2ccccc2[N+](=O)[O-])Nc2ccccc2C1=O. The number of nitrogens with zero attached hydrogens (tertiary/aromatic N) is 1. The molecule has 0 spiro atoms. The van der Waals surface area contributed by atoms with Gasteiger partial charge in [-0.15, -0.1) is 0 Å². The average Bonchev–Trinajstić information content (AvgIpc) is 2.93. The van der Waals surface area contributed by atoms with E-state index in [1.165, 1.54) is 6.07 Å². The number of rotatable bonds is 5. The predicted molar refractivity (Wildman–Crippen MR) is 108 cm³/mol. The first-order chi connectivity index (χ1) is 13.6. The maximum Gasteiger partial charge on any atom is 0.407 e. The van der Waals surface area contributed by atoms with Crippen LogP contribution in [0.4, 0.5) is 16.2 Å². The number of nitro groups is 1. The van der Waals surface area contributed by atoms with E-state index in [9.17, 15) is 19.7 Å². The van der Waals surface area contributed by atoms with Crippen LogP contribution in [0.3, 0.4) is 0 Å². The molecule has 8 nitrogen and oxygen atoms in total. The van der Waals surface area contributed by atoms with Crippen LogP contribution < -0.4 is 10.6 Å². The van der Waals surface area contributed by atoms with Gasteiger partial charge in [-0.25, -0.2) is 4.79 Å². The Labute approximate surface area is 168 Å². The normalized spacial score (nSPS) is 18.0. The van der Waals surface area contributed by atoms with E-state index in [0.717, 1.165) is 0 Å². The van der Waals surface area contributed by atoms with Gasteiger partial charge in [0.15, 0.2) is 5.78 Å². The van der Waals surface area contributed by atoms with E-state index >= 15 is 0 Å². The van der Waals surface area contributed by atoms with Crippen molar-refractivity contribution in [2.24, 2.45) is 0 Å². The highest BCUT2D eigenvalue weighted by molar-refractivity contribution is 6.14. The van der Waals surface area contributed by atoms with Gasteiger partial charge in [-0.05, 0) is 45.4 Å². The van der Waals surface area contributed by atoms with Gasteiger partial charge in [-0.1, -0.05) is 24.3 Å². The molecule has 0 saturated heterocycles. The first-order valence-electron chi connectivity index (χ1n) is 9.27. The van der Waals surface area contributed by atoms with Gasteiger partial charge in [0.25, 0.3) is 5.69 Å². The van der Waals surface area contributed by atoms with Crippen molar-refractivity contribution in [3.8, 4) is 0 Å². The Hall–Kier alpha value is -3.42. The summed E-state index contributed by atoms with van der Waals surface area (Å²) in [5, 5.41) is 17.4. The lowest BCUT2D eigenvalue weighted by Gasteiger charge is -2.29. The first-order valence-corrected chi connectivity index (χ1v) is 9.27. The van der Waals surface area contributed by atoms with Crippen LogP contribution in [0.5, 0.6) is 0 Å². The number of para-hydroxylation sites is 2. The Morgan fingerprint density at radius 2 is 1.83 bits per heavy atom. The van der Waals surface area contributed by atoms with E-state index in [-0.39, 0.29) is 30.0 Å². The molecule has 29 heavy (non-hydrogen) atoms. The number of Topliss-reactive ketones (excluding diaryl/α,β-unsaturated/α-hetero) is 1. The molecule has 2 aromatic rings. The van der Waals surface area contributed by atoms with Crippen LogP contribution in [0.15, 0.2) is 48.5 Å². The van der Waals surface area contributed by atoms with Gasteiger partial charge >= 0.3 is 6.09 Å². The van der Waals surface area contributed by atoms with Crippen LogP contribution in [-0.4, -0.2) is 28.9 Å². The molecule has 0 bridgehead atoms. The second-order valence-electron chi connectivity index (χ2n) is 7.86. The quantitative estimate of drug-likeness (QED) is 0.582. The van der Waals surface area contributed by atoms with Crippen molar-refractivity contribution in [2.45, 2.75) is 38.3 Å². The summed E-state index contributed by atoms with van der Waals surface area (Å²) < 4.78 is 5.23. The number of anilines is 1. The Morgan fingerprint density at radius 3 is 2.48 bits per heavy atom. The third-order valence-corrected chi connectivity index (χ3v) is 4.64. The van der Waals surface area contributed by atoms with Crippen LogP contribution in [-0.2, 0) is 10.3 Å². The first kappa shape index (κ1) is 20.3. The summed E-state index contributed by atoms with van der Waals surface area (Å²) in [6.07, 6.45) is -0.497. The number of amides is 1. The molecule has 2 aromatic carbocycles. The lowest BCUT2D eigenvalue weighted by molar-refractivity contribution is -0.385. The fraction of sp³-hybridized carbons (Fsp3) is 0.333. The summed E-state index contributed by atoms with van der Waals surface area (Å²) in [7, 11) is 0. The predicted octanol–water partition coefficient (Wildman–Crippen LogP) is 4.01. The van der Waals surface area contributed by atoms with Crippen molar-refractivity contribution < 1.29 is 19.2 Å². The lowest BCUT2D eigenvalue weighted by Crippen LogP contribution is -2.43. The van der Waals surface area contributed by atoms with Crippen LogP contribution in [0.25, 0.3) is 0 Å². The van der Waals surface area contributed by atoms with Crippen LogP contribution >= 0.6 is 0 Å². The zero-order valence-electron chi connectivity index (χ0n) is 16.5. The van der Waals surface area contributed by atoms with Crippen molar-refractivity contribution in [2.75, 3.05) is 11.9 Å². The molecule has 1 aliphatic rings. The summed E-state index contributed by atoms with van der Waals surface area (Å²) in [6.45, 7) is 5.34. The molecule has 0 unspecified atom stereocenters. The van der Waals surface area contributed by atoms with Crippen LogP contribution in [0.2, 0.25) is 0 Å². The van der Waals surface area contributed by atoms with E-state index in [2.05, 4.69) is 10.6 Å². The minimum Gasteiger partial charge on any atom is -0.444 e. The lowest BCUT2D eigenvalue weighted by atomic mass is 9.82. The topological polar surface area (TPSA) is 111 Å². The number of alkyl carbamates (subject to hydrolysis) is 1. The second-order valence-corrected chi connectivity index (χ2v) is 7.86. The molecule has 8 heteroatoms. The fourth-order valence-electron chi connectivity index (χ4n) is 3.47. The summed E-state index contributed by atoms with van der Waals surface area (Å²) in [5.74, 6) is -0.270. The molecule has 1 atom stereocenters. The molecule has 1 aliphatic heterocycles. The summed E-state index contributed by atoms with van der Waals surface area (Å²) in [6, 6.07) is 13.1. The number of hydrogen-bond acceptors (Lipinski definition) is 6. The number of nitro benzene ring substituents is 1. The van der Waals surface area contributed by atoms with Gasteiger partial charge in [-0.2, -0.15) is 0 Å². The zero-order valence-corrected chi connectivity index (χ0v) is 16.5. The maximum atomic E-state index is 13.4. The molecule has 1 heterocycles. The third kappa shape index (κ3) is 4.06. The van der Waals surface area contributed by atoms with Crippen molar-refractivity contribution in [1.82, 2.24) is 5.32 Å². The van der Waals surface area contributed by atoms with Crippen LogP contribution in [0, 0.1) is 10.1 Å². The van der Waals surface area contributed by atoms with E-state index in [1.54, 1.807) is 63.2 Å². The Kier molecular flexibility index (Phi) is 5.28. The fourth-order valence-corrected chi connectivity index (χ4v) is 3.47. The molecule has 152 valence electrons. The number of benzene rings is 2. The van der Waals surface area contributed by atoms with E-state index in [0.29, 0.717) is 11.3 Å². The number of hydrogen-bond donors (Lipinski definition) is 2. The summed E-state index contributed by atoms with van der Waals surface area (Å²) in [5.41, 5.74) is -0.841. The van der Waals surface area contributed by atoms with Gasteiger partial charge in [0, 0.05) is 23.9 Å². The molecular formula is C21H23N3O5. The number of fused-ring (bicyclic) bond motifs is 1. The smallest absolute Gasteiger partial charge is 0.407 e. The standard InChI is InChI=1S/C21H23N3O5/c1-20(2,3)29-19(26)22-13-12-21(15-9-5-7-11-17(15)24(27)28)18(25)14-8-4-6-10-16(14)23-21/h4-11,23H,12-13H2,1-3H3,(H,22,26)/t21-/m0/s1. The van der Waals surface area contributed by atoms with Gasteiger partial charge in [0.05, 0.1) is 10.5 Å². The minimum absolute atomic E-state index is 0.0910. The highest BCUT2D eigenvalue weighted by atomic mass is 16.6. The molecule has 2 N–H and O–H groups in total. The Balaban J connectivity index is 1.94. The Bertz CT molecular complexity index is 967. The number of carbonyl (C=O) groups excluding carboxylic acids is 2. The molecule has 0 fully saturated rings. The van der Waals surface area contributed by atoms with Gasteiger partial charge in [-0.3, -0.25) is 14.9 Å². The Morgan fingerprint density at radius 1 is 1.17 bits per heavy atom. The highest BCUT2D eigenvalue weighted by Gasteiger charge is 2.49. The number of ether oxygens (including phenoxy) is 1. The monoisotopic (exact) mass is 397 g/mol. The molecule has 0 saturated carbocycles. The summed E-state index contributed by atoms with van der Waals surface area (Å²) >= 11 is 0. The number of carbonyl (C=O) groups is 2. The molecule has 0 aliphatic carbocycles. The zero-order chi connectivity index (χ0) is 21.2. The van der Waals surface area contributed by atoms with E-state index < -0.39 is 22.2 Å². The number of ketones is 1. The van der Waals surface area contributed by atoms with Gasteiger partial charge < -0.3 is 15.4 Å². The molecule has 0 aromatic heterocycles. The molecule has 3 rings (SSSR count). The average molecular weight is 397 g/mol. The van der Waals surface area contributed by atoms with Crippen molar-refractivity contribution in [3.63, 3.8) is 0 Å². The van der Waals surface area contributed by atoms with E-state index in [4.69, 9.17) is 4.74 Å². The largest absolute Gasteiger partial charge is 0.444 e. The molecular weight excluding hydrogens is 374 g/mol. The summed E-state index contributed by atoms with van der Waals surface area (Å²) in [4.78, 5) is 36.5. The van der Waals surface area contributed by atoms with Crippen molar-refractivity contribution in [1.29, 1.82) is 0 Å². The molecule has 1 amide bonds. The van der Waals surface area contributed by atoms with Crippen LogP contribution in [0.1, 0.15) is 43.1 Å². The third-order valence-electron chi connectivity index (χ3n) is 4.64. The van der Waals surface area contributed by atoms with Crippen molar-refractivity contribution in [3.05, 3.63) is 69.8 Å².